The summed E-state index contributed by atoms with van der Waals surface area (Å²) in [5.74, 6) is 1.80. The summed E-state index contributed by atoms with van der Waals surface area (Å²) in [5.41, 5.74) is 3.68. The van der Waals surface area contributed by atoms with Gasteiger partial charge in [-0.05, 0) is 48.4 Å². The number of nitrogens with one attached hydrogen (secondary N) is 2. The van der Waals surface area contributed by atoms with Crippen LogP contribution in [0.15, 0.2) is 34.6 Å². The molecule has 1 aromatic carbocycles. The first-order chi connectivity index (χ1) is 14.1. The number of hydrogen-bond donors (Lipinski definition) is 2. The third-order valence-corrected chi connectivity index (χ3v) is 6.16. The van der Waals surface area contributed by atoms with Crippen LogP contribution in [0.3, 0.4) is 0 Å². The maximum atomic E-state index is 12.5. The second-order valence-corrected chi connectivity index (χ2v) is 8.18. The average molecular weight is 415 g/mol. The van der Waals surface area contributed by atoms with Crippen molar-refractivity contribution in [2.45, 2.75) is 32.7 Å². The molecule has 156 valence electrons. The molecule has 0 spiro atoms. The normalized spacial score (nSPS) is 13.8. The van der Waals surface area contributed by atoms with E-state index in [4.69, 9.17) is 4.74 Å². The minimum atomic E-state index is 0.189. The highest BCUT2D eigenvalue weighted by atomic mass is 32.1. The lowest BCUT2D eigenvalue weighted by molar-refractivity contribution is -0.131. The van der Waals surface area contributed by atoms with Crippen LogP contribution in [0.5, 0.6) is 5.75 Å². The Morgan fingerprint density at radius 3 is 2.90 bits per heavy atom. The number of rotatable bonds is 7. The van der Waals surface area contributed by atoms with Crippen molar-refractivity contribution in [2.75, 3.05) is 33.8 Å². The van der Waals surface area contributed by atoms with Gasteiger partial charge in [0.2, 0.25) is 5.91 Å². The molecular weight excluding hydrogens is 384 g/mol. The van der Waals surface area contributed by atoms with Crippen molar-refractivity contribution >= 4 is 23.2 Å². The number of fused-ring (bicyclic) bond motifs is 1. The van der Waals surface area contributed by atoms with Crippen LogP contribution in [0.2, 0.25) is 0 Å². The second-order valence-electron chi connectivity index (χ2n) is 7.18. The van der Waals surface area contributed by atoms with Gasteiger partial charge in [-0.3, -0.25) is 9.79 Å². The molecule has 1 aromatic heterocycles. The molecule has 29 heavy (non-hydrogen) atoms. The Kier molecular flexibility index (Phi) is 7.52. The molecule has 0 atom stereocenters. The third-order valence-electron chi connectivity index (χ3n) is 5.14. The van der Waals surface area contributed by atoms with Gasteiger partial charge in [0, 0.05) is 44.5 Å². The summed E-state index contributed by atoms with van der Waals surface area (Å²) >= 11 is 1.79. The summed E-state index contributed by atoms with van der Waals surface area (Å²) < 4.78 is 5.43. The zero-order valence-electron chi connectivity index (χ0n) is 17.5. The molecule has 2 heterocycles. The number of thiophene rings is 1. The minimum absolute atomic E-state index is 0.189. The van der Waals surface area contributed by atoms with Crippen molar-refractivity contribution in [3.8, 4) is 5.75 Å². The number of amides is 1. The zero-order chi connectivity index (χ0) is 20.6. The molecule has 0 aliphatic carbocycles. The van der Waals surface area contributed by atoms with Gasteiger partial charge in [-0.15, -0.1) is 11.3 Å². The number of benzene rings is 1. The fraction of sp³-hybridized carbons (Fsp3) is 0.455. The highest BCUT2D eigenvalue weighted by molar-refractivity contribution is 7.10. The van der Waals surface area contributed by atoms with E-state index in [2.05, 4.69) is 46.1 Å². The van der Waals surface area contributed by atoms with Gasteiger partial charge in [0.25, 0.3) is 0 Å². The number of carbonyl (C=O) groups excluding carboxylic acids is 1. The van der Waals surface area contributed by atoms with Crippen LogP contribution in [0.25, 0.3) is 0 Å². The monoisotopic (exact) mass is 414 g/mol. The number of nitrogens with zero attached hydrogens (tertiary/aromatic N) is 2. The summed E-state index contributed by atoms with van der Waals surface area (Å²) in [6, 6.07) is 8.33. The Morgan fingerprint density at radius 1 is 1.28 bits per heavy atom. The van der Waals surface area contributed by atoms with Gasteiger partial charge < -0.3 is 20.3 Å². The largest absolute Gasteiger partial charge is 0.496 e. The number of hydrogen-bond acceptors (Lipinski definition) is 4. The highest BCUT2D eigenvalue weighted by Gasteiger charge is 2.21. The molecule has 0 saturated heterocycles. The fourth-order valence-electron chi connectivity index (χ4n) is 3.55. The molecule has 2 N–H and O–H groups in total. The molecule has 1 aliphatic rings. The Balaban J connectivity index is 1.40. The number of aryl methyl sites for hydroxylation is 1. The molecule has 0 saturated carbocycles. The van der Waals surface area contributed by atoms with E-state index in [9.17, 15) is 4.79 Å². The molecule has 0 fully saturated rings. The second kappa shape index (κ2) is 10.3. The van der Waals surface area contributed by atoms with Gasteiger partial charge in [0.1, 0.15) is 5.75 Å². The van der Waals surface area contributed by atoms with Crippen LogP contribution < -0.4 is 15.4 Å². The van der Waals surface area contributed by atoms with Gasteiger partial charge in [-0.2, -0.15) is 0 Å². The van der Waals surface area contributed by atoms with Crippen LogP contribution >= 0.6 is 11.3 Å². The first kappa shape index (κ1) is 21.2. The quantitative estimate of drug-likeness (QED) is 0.540. The van der Waals surface area contributed by atoms with Crippen molar-refractivity contribution in [3.05, 3.63) is 51.2 Å². The zero-order valence-corrected chi connectivity index (χ0v) is 18.3. The van der Waals surface area contributed by atoms with Gasteiger partial charge in [0.15, 0.2) is 5.96 Å². The standard InChI is InChI=1S/C22H30N4O2S/c1-16-4-5-19(28-3)17(14-16)6-10-24-22(23-2)25-11-7-21(27)26-12-8-20-18(15-26)9-13-29-20/h4-5,9,13-14H,6-8,10-12,15H2,1-3H3,(H2,23,24,25). The highest BCUT2D eigenvalue weighted by Crippen LogP contribution is 2.24. The van der Waals surface area contributed by atoms with E-state index in [0.717, 1.165) is 38.2 Å². The Hall–Kier alpha value is -2.54. The van der Waals surface area contributed by atoms with Crippen LogP contribution in [0.1, 0.15) is 28.0 Å². The van der Waals surface area contributed by atoms with E-state index in [0.29, 0.717) is 18.9 Å². The smallest absolute Gasteiger partial charge is 0.224 e. The van der Waals surface area contributed by atoms with Crippen molar-refractivity contribution in [2.24, 2.45) is 4.99 Å². The van der Waals surface area contributed by atoms with Crippen LogP contribution in [-0.2, 0) is 24.2 Å². The lowest BCUT2D eigenvalue weighted by atomic mass is 10.1. The average Bonchev–Trinajstić information content (AvgIpc) is 3.20. The lowest BCUT2D eigenvalue weighted by Crippen LogP contribution is -2.41. The molecule has 0 bridgehead atoms. The number of methoxy groups -OCH3 is 1. The molecule has 1 amide bonds. The van der Waals surface area contributed by atoms with E-state index in [1.807, 2.05) is 11.0 Å². The summed E-state index contributed by atoms with van der Waals surface area (Å²) in [5, 5.41) is 8.67. The predicted octanol–water partition coefficient (Wildman–Crippen LogP) is 2.75. The molecule has 0 radical (unpaired) electrons. The van der Waals surface area contributed by atoms with Crippen molar-refractivity contribution in [1.29, 1.82) is 0 Å². The van der Waals surface area contributed by atoms with Gasteiger partial charge in [-0.25, -0.2) is 0 Å². The van der Waals surface area contributed by atoms with Crippen molar-refractivity contribution < 1.29 is 9.53 Å². The van der Waals surface area contributed by atoms with Gasteiger partial charge in [-0.1, -0.05) is 17.7 Å². The van der Waals surface area contributed by atoms with Crippen LogP contribution in [-0.4, -0.2) is 50.6 Å². The van der Waals surface area contributed by atoms with E-state index in [1.165, 1.54) is 21.6 Å². The number of guanidine groups is 1. The minimum Gasteiger partial charge on any atom is -0.496 e. The fourth-order valence-corrected chi connectivity index (χ4v) is 4.44. The van der Waals surface area contributed by atoms with Crippen LogP contribution in [0, 0.1) is 6.92 Å². The van der Waals surface area contributed by atoms with Gasteiger partial charge in [0.05, 0.1) is 7.11 Å². The van der Waals surface area contributed by atoms with E-state index in [-0.39, 0.29) is 5.91 Å². The molecule has 1 aliphatic heterocycles. The van der Waals surface area contributed by atoms with Crippen molar-refractivity contribution in [1.82, 2.24) is 15.5 Å². The summed E-state index contributed by atoms with van der Waals surface area (Å²) in [7, 11) is 3.44. The first-order valence-electron chi connectivity index (χ1n) is 10.0. The Bertz CT molecular complexity index is 862. The molecule has 6 nitrogen and oxygen atoms in total. The van der Waals surface area contributed by atoms with Gasteiger partial charge >= 0.3 is 0 Å². The van der Waals surface area contributed by atoms with Crippen molar-refractivity contribution in [3.63, 3.8) is 0 Å². The van der Waals surface area contributed by atoms with E-state index < -0.39 is 0 Å². The Morgan fingerprint density at radius 2 is 2.10 bits per heavy atom. The Labute approximate surface area is 177 Å². The number of aliphatic imine (C=N–C) groups is 1. The van der Waals surface area contributed by atoms with E-state index >= 15 is 0 Å². The summed E-state index contributed by atoms with van der Waals surface area (Å²) in [6.45, 7) is 4.94. The summed E-state index contributed by atoms with van der Waals surface area (Å²) in [6.07, 6.45) is 2.27. The summed E-state index contributed by atoms with van der Waals surface area (Å²) in [4.78, 5) is 20.1. The third kappa shape index (κ3) is 5.73. The maximum Gasteiger partial charge on any atom is 0.224 e. The SMILES string of the molecule is CN=C(NCCC(=O)N1CCc2sccc2C1)NCCc1cc(C)ccc1OC. The van der Waals surface area contributed by atoms with E-state index in [1.54, 1.807) is 25.5 Å². The number of ether oxygens (including phenoxy) is 1. The molecule has 0 unspecified atom stereocenters. The van der Waals surface area contributed by atoms with Crippen LogP contribution in [0.4, 0.5) is 0 Å². The molecule has 2 aromatic rings. The molecule has 7 heteroatoms. The number of carbonyl (C=O) groups is 1. The molecule has 3 rings (SSSR count). The predicted molar refractivity (Wildman–Crippen MR) is 119 cm³/mol. The topological polar surface area (TPSA) is 66.0 Å². The maximum absolute atomic E-state index is 12.5. The lowest BCUT2D eigenvalue weighted by Gasteiger charge is -2.27. The molecular formula is C22H30N4O2S. The first-order valence-corrected chi connectivity index (χ1v) is 10.9.